The molecule has 0 radical (unpaired) electrons. The van der Waals surface area contributed by atoms with Gasteiger partial charge in [-0.05, 0) is 26.0 Å². The van der Waals surface area contributed by atoms with Gasteiger partial charge < -0.3 is 10.3 Å². The number of imidazole rings is 1. The first-order valence-electron chi connectivity index (χ1n) is 4.97. The van der Waals surface area contributed by atoms with Gasteiger partial charge >= 0.3 is 0 Å². The molecule has 78 valence electrons. The van der Waals surface area contributed by atoms with Crippen molar-refractivity contribution in [1.29, 1.82) is 0 Å². The summed E-state index contributed by atoms with van der Waals surface area (Å²) in [6.45, 7) is 4.18. The maximum Gasteiger partial charge on any atom is 0.126 e. The first-order valence-corrected chi connectivity index (χ1v) is 4.97. The van der Waals surface area contributed by atoms with Crippen molar-refractivity contribution < 1.29 is 0 Å². The average molecular weight is 202 g/mol. The fourth-order valence-electron chi connectivity index (χ4n) is 1.39. The van der Waals surface area contributed by atoms with Crippen LogP contribution in [0.2, 0.25) is 0 Å². The second-order valence-corrected chi connectivity index (χ2v) is 3.69. The van der Waals surface area contributed by atoms with Gasteiger partial charge in [0.1, 0.15) is 5.82 Å². The highest BCUT2D eigenvalue weighted by atomic mass is 15.0. The van der Waals surface area contributed by atoms with E-state index in [-0.39, 0.29) is 0 Å². The van der Waals surface area contributed by atoms with Crippen LogP contribution in [0.4, 0.5) is 5.82 Å². The first kappa shape index (κ1) is 9.71. The number of nitrogens with zero attached hydrogens (tertiary/aromatic N) is 2. The Morgan fingerprint density at radius 2 is 2.27 bits per heavy atom. The van der Waals surface area contributed by atoms with Crippen molar-refractivity contribution in [3.8, 4) is 11.3 Å². The molecule has 0 aliphatic rings. The molecule has 2 aromatic rings. The summed E-state index contributed by atoms with van der Waals surface area (Å²) in [5.41, 5.74) is 2.09. The van der Waals surface area contributed by atoms with Crippen LogP contribution >= 0.6 is 0 Å². The predicted molar refractivity (Wildman–Crippen MR) is 60.6 cm³/mol. The molecule has 0 bridgehead atoms. The molecule has 0 spiro atoms. The van der Waals surface area contributed by atoms with E-state index in [9.17, 15) is 0 Å². The van der Waals surface area contributed by atoms with E-state index in [4.69, 9.17) is 0 Å². The van der Waals surface area contributed by atoms with Crippen LogP contribution in [0.5, 0.6) is 0 Å². The Balaban J connectivity index is 2.27. The van der Waals surface area contributed by atoms with E-state index in [2.05, 4.69) is 34.1 Å². The number of pyridine rings is 1. The van der Waals surface area contributed by atoms with Crippen LogP contribution in [0.1, 0.15) is 13.8 Å². The normalized spacial score (nSPS) is 10.6. The molecule has 0 unspecified atom stereocenters. The zero-order valence-electron chi connectivity index (χ0n) is 8.86. The average Bonchev–Trinajstić information content (AvgIpc) is 2.69. The van der Waals surface area contributed by atoms with Crippen LogP contribution in [-0.2, 0) is 0 Å². The van der Waals surface area contributed by atoms with Gasteiger partial charge in [-0.25, -0.2) is 9.97 Å². The lowest BCUT2D eigenvalue weighted by Gasteiger charge is -2.09. The van der Waals surface area contributed by atoms with Gasteiger partial charge in [0.25, 0.3) is 0 Å². The monoisotopic (exact) mass is 202 g/mol. The van der Waals surface area contributed by atoms with Crippen molar-refractivity contribution in [1.82, 2.24) is 15.0 Å². The fraction of sp³-hybridized carbons (Fsp3) is 0.273. The number of anilines is 1. The van der Waals surface area contributed by atoms with Gasteiger partial charge in [-0.1, -0.05) is 0 Å². The third kappa shape index (κ3) is 2.34. The summed E-state index contributed by atoms with van der Waals surface area (Å²) < 4.78 is 0. The topological polar surface area (TPSA) is 53.6 Å². The van der Waals surface area contributed by atoms with E-state index in [0.29, 0.717) is 6.04 Å². The number of hydrogen-bond acceptors (Lipinski definition) is 3. The standard InChI is InChI=1S/C11H14N4/c1-8(2)15-11-5-9(3-4-13-11)10-6-12-7-14-10/h3-8H,1-2H3,(H,12,14)(H,13,15). The second-order valence-electron chi connectivity index (χ2n) is 3.69. The highest BCUT2D eigenvalue weighted by Gasteiger charge is 2.01. The molecule has 4 nitrogen and oxygen atoms in total. The van der Waals surface area contributed by atoms with Crippen molar-refractivity contribution in [2.24, 2.45) is 0 Å². The summed E-state index contributed by atoms with van der Waals surface area (Å²) in [7, 11) is 0. The summed E-state index contributed by atoms with van der Waals surface area (Å²) in [6, 6.07) is 4.35. The van der Waals surface area contributed by atoms with Crippen LogP contribution in [0.25, 0.3) is 11.3 Å². The molecular weight excluding hydrogens is 188 g/mol. The molecule has 4 heteroatoms. The molecule has 2 N–H and O–H groups in total. The lowest BCUT2D eigenvalue weighted by molar-refractivity contribution is 0.889. The zero-order valence-corrected chi connectivity index (χ0v) is 8.86. The molecule has 0 aromatic carbocycles. The third-order valence-electron chi connectivity index (χ3n) is 2.01. The van der Waals surface area contributed by atoms with E-state index in [1.807, 2.05) is 12.1 Å². The molecule has 0 fully saturated rings. The van der Waals surface area contributed by atoms with Gasteiger partial charge in [0.05, 0.1) is 18.2 Å². The summed E-state index contributed by atoms with van der Waals surface area (Å²) in [5, 5.41) is 3.26. The molecule has 2 rings (SSSR count). The number of H-pyrrole nitrogens is 1. The molecule has 0 atom stereocenters. The Labute approximate surface area is 88.8 Å². The number of hydrogen-bond donors (Lipinski definition) is 2. The minimum Gasteiger partial charge on any atom is -0.368 e. The Morgan fingerprint density at radius 1 is 1.40 bits per heavy atom. The molecule has 15 heavy (non-hydrogen) atoms. The summed E-state index contributed by atoms with van der Waals surface area (Å²) in [5.74, 6) is 0.886. The van der Waals surface area contributed by atoms with Crippen LogP contribution < -0.4 is 5.32 Å². The Bertz CT molecular complexity index is 420. The largest absolute Gasteiger partial charge is 0.368 e. The minimum absolute atomic E-state index is 0.384. The number of rotatable bonds is 3. The molecule has 2 heterocycles. The zero-order chi connectivity index (χ0) is 10.7. The van der Waals surface area contributed by atoms with E-state index < -0.39 is 0 Å². The Hall–Kier alpha value is -1.84. The molecule has 0 saturated heterocycles. The van der Waals surface area contributed by atoms with Crippen molar-refractivity contribution in [3.63, 3.8) is 0 Å². The highest BCUT2D eigenvalue weighted by molar-refractivity contribution is 5.61. The van der Waals surface area contributed by atoms with Crippen molar-refractivity contribution >= 4 is 5.82 Å². The van der Waals surface area contributed by atoms with E-state index in [1.165, 1.54) is 0 Å². The van der Waals surface area contributed by atoms with E-state index in [0.717, 1.165) is 17.1 Å². The van der Waals surface area contributed by atoms with Crippen LogP contribution in [0.15, 0.2) is 30.9 Å². The smallest absolute Gasteiger partial charge is 0.126 e. The van der Waals surface area contributed by atoms with Gasteiger partial charge in [-0.2, -0.15) is 0 Å². The summed E-state index contributed by atoms with van der Waals surface area (Å²) >= 11 is 0. The van der Waals surface area contributed by atoms with Crippen molar-refractivity contribution in [2.75, 3.05) is 5.32 Å². The van der Waals surface area contributed by atoms with Crippen molar-refractivity contribution in [3.05, 3.63) is 30.9 Å². The quantitative estimate of drug-likeness (QED) is 0.802. The number of nitrogens with one attached hydrogen (secondary N) is 2. The molecule has 2 aromatic heterocycles. The Morgan fingerprint density at radius 3 is 2.93 bits per heavy atom. The van der Waals surface area contributed by atoms with Gasteiger partial charge in [0, 0.05) is 17.8 Å². The second kappa shape index (κ2) is 4.13. The van der Waals surface area contributed by atoms with Gasteiger partial charge in [0.15, 0.2) is 0 Å². The van der Waals surface area contributed by atoms with Gasteiger partial charge in [-0.3, -0.25) is 0 Å². The molecule has 0 amide bonds. The minimum atomic E-state index is 0.384. The van der Waals surface area contributed by atoms with Crippen LogP contribution in [-0.4, -0.2) is 21.0 Å². The predicted octanol–water partition coefficient (Wildman–Crippen LogP) is 2.29. The number of aromatic amines is 1. The Kier molecular flexibility index (Phi) is 2.67. The summed E-state index contributed by atoms with van der Waals surface area (Å²) in [4.78, 5) is 11.3. The maximum absolute atomic E-state index is 4.24. The van der Waals surface area contributed by atoms with Crippen LogP contribution in [0.3, 0.4) is 0 Å². The lowest BCUT2D eigenvalue weighted by atomic mass is 10.2. The van der Waals surface area contributed by atoms with Crippen LogP contribution in [0, 0.1) is 0 Å². The SMILES string of the molecule is CC(C)Nc1cc(-c2cnc[nH]2)ccn1. The van der Waals surface area contributed by atoms with Crippen molar-refractivity contribution in [2.45, 2.75) is 19.9 Å². The maximum atomic E-state index is 4.24. The van der Waals surface area contributed by atoms with E-state index >= 15 is 0 Å². The van der Waals surface area contributed by atoms with Gasteiger partial charge in [-0.15, -0.1) is 0 Å². The third-order valence-corrected chi connectivity index (χ3v) is 2.01. The molecule has 0 saturated carbocycles. The first-order chi connectivity index (χ1) is 7.25. The van der Waals surface area contributed by atoms with E-state index in [1.54, 1.807) is 18.7 Å². The molecule has 0 aliphatic heterocycles. The molecular formula is C11H14N4. The summed E-state index contributed by atoms with van der Waals surface area (Å²) in [6.07, 6.45) is 5.26. The lowest BCUT2D eigenvalue weighted by Crippen LogP contribution is -2.10. The fourth-order valence-corrected chi connectivity index (χ4v) is 1.39. The molecule has 0 aliphatic carbocycles. The number of aromatic nitrogens is 3. The highest BCUT2D eigenvalue weighted by Crippen LogP contribution is 2.18. The van der Waals surface area contributed by atoms with Gasteiger partial charge in [0.2, 0.25) is 0 Å².